The molecule has 28 heavy (non-hydrogen) atoms. The quantitative estimate of drug-likeness (QED) is 0.522. The Kier molecular flexibility index (Phi) is 7.04. The van der Waals surface area contributed by atoms with Gasteiger partial charge in [0.05, 0.1) is 6.54 Å². The average Bonchev–Trinajstić information content (AvgIpc) is 3.41. The topological polar surface area (TPSA) is 48.9 Å². The smallest absolute Gasteiger partial charge is 0.422 e. The summed E-state index contributed by atoms with van der Waals surface area (Å²) < 4.78 is 41.3. The van der Waals surface area contributed by atoms with E-state index in [0.717, 1.165) is 37.2 Å². The Bertz CT molecular complexity index is 644. The van der Waals surface area contributed by atoms with Gasteiger partial charge in [-0.25, -0.2) is 4.99 Å². The molecule has 1 aromatic rings. The molecule has 1 unspecified atom stereocenters. The lowest BCUT2D eigenvalue weighted by Gasteiger charge is -2.17. The van der Waals surface area contributed by atoms with E-state index < -0.39 is 12.8 Å². The van der Waals surface area contributed by atoms with Crippen LogP contribution in [0.25, 0.3) is 0 Å². The number of hydrogen-bond acceptors (Lipinski definition) is 3. The number of hydrogen-bond donors (Lipinski definition) is 2. The van der Waals surface area contributed by atoms with E-state index in [4.69, 9.17) is 4.74 Å². The number of likely N-dealkylation sites (tertiary alicyclic amines) is 1. The highest BCUT2D eigenvalue weighted by Gasteiger charge is 2.34. The highest BCUT2D eigenvalue weighted by molar-refractivity contribution is 5.79. The number of alkyl halides is 3. The van der Waals surface area contributed by atoms with Gasteiger partial charge in [0.1, 0.15) is 5.75 Å². The molecule has 1 atom stereocenters. The lowest BCUT2D eigenvalue weighted by Crippen LogP contribution is -2.40. The fraction of sp³-hybridized carbons (Fsp3) is 0.650. The van der Waals surface area contributed by atoms with Crippen LogP contribution in [0.1, 0.15) is 31.7 Å². The van der Waals surface area contributed by atoms with E-state index in [0.29, 0.717) is 12.5 Å². The van der Waals surface area contributed by atoms with E-state index in [1.807, 2.05) is 6.92 Å². The third-order valence-corrected chi connectivity index (χ3v) is 5.03. The van der Waals surface area contributed by atoms with Gasteiger partial charge < -0.3 is 20.3 Å². The van der Waals surface area contributed by atoms with Gasteiger partial charge in [-0.15, -0.1) is 0 Å². The fourth-order valence-electron chi connectivity index (χ4n) is 3.41. The second-order valence-corrected chi connectivity index (χ2v) is 7.50. The molecule has 0 amide bonds. The standard InChI is InChI=1S/C20H29F3N4O/c1-2-24-19(26-12-16-9-10-27(13-16)17-5-6-17)25-11-15-3-7-18(8-4-15)28-14-20(21,22)23/h3-4,7-8,16-17H,2,5-6,9-14H2,1H3,(H2,24,25,26). The summed E-state index contributed by atoms with van der Waals surface area (Å²) in [4.78, 5) is 7.18. The van der Waals surface area contributed by atoms with Gasteiger partial charge in [0, 0.05) is 25.7 Å². The van der Waals surface area contributed by atoms with Gasteiger partial charge in [-0.3, -0.25) is 0 Å². The molecule has 1 aliphatic carbocycles. The Balaban J connectivity index is 1.45. The minimum Gasteiger partial charge on any atom is -0.484 e. The molecule has 1 heterocycles. The molecule has 0 bridgehead atoms. The van der Waals surface area contributed by atoms with Gasteiger partial charge in [-0.05, 0) is 56.3 Å². The zero-order chi connectivity index (χ0) is 20.0. The fourth-order valence-corrected chi connectivity index (χ4v) is 3.41. The summed E-state index contributed by atoms with van der Waals surface area (Å²) in [5.74, 6) is 1.62. The molecule has 2 fully saturated rings. The van der Waals surface area contributed by atoms with Gasteiger partial charge >= 0.3 is 6.18 Å². The zero-order valence-corrected chi connectivity index (χ0v) is 16.3. The molecule has 1 aliphatic heterocycles. The second kappa shape index (κ2) is 9.49. The summed E-state index contributed by atoms with van der Waals surface area (Å²) >= 11 is 0. The van der Waals surface area contributed by atoms with Crippen molar-refractivity contribution >= 4 is 5.96 Å². The van der Waals surface area contributed by atoms with Gasteiger partial charge in [0.25, 0.3) is 0 Å². The van der Waals surface area contributed by atoms with Crippen molar-refractivity contribution in [1.29, 1.82) is 0 Å². The number of guanidine groups is 1. The number of halogens is 3. The summed E-state index contributed by atoms with van der Waals surface area (Å²) in [5, 5.41) is 6.67. The van der Waals surface area contributed by atoms with Gasteiger partial charge in [-0.1, -0.05) is 12.1 Å². The van der Waals surface area contributed by atoms with Crippen LogP contribution in [-0.2, 0) is 6.54 Å². The Morgan fingerprint density at radius 2 is 1.93 bits per heavy atom. The summed E-state index contributed by atoms with van der Waals surface area (Å²) in [6, 6.07) is 7.39. The van der Waals surface area contributed by atoms with Crippen molar-refractivity contribution in [1.82, 2.24) is 15.5 Å². The van der Waals surface area contributed by atoms with Crippen LogP contribution in [0.5, 0.6) is 5.75 Å². The Labute approximate surface area is 164 Å². The van der Waals surface area contributed by atoms with Crippen molar-refractivity contribution in [2.75, 3.05) is 32.8 Å². The number of aliphatic imine (C=N–C) groups is 1. The van der Waals surface area contributed by atoms with Crippen molar-refractivity contribution in [3.05, 3.63) is 29.8 Å². The summed E-state index contributed by atoms with van der Waals surface area (Å²) in [5.41, 5.74) is 0.914. The largest absolute Gasteiger partial charge is 0.484 e. The predicted molar refractivity (Wildman–Crippen MR) is 104 cm³/mol. The van der Waals surface area contributed by atoms with Gasteiger partial charge in [0.2, 0.25) is 0 Å². The minimum absolute atomic E-state index is 0.205. The SMILES string of the molecule is CCNC(=NCc1ccc(OCC(F)(F)F)cc1)NCC1CCN(C2CC2)C1. The van der Waals surface area contributed by atoms with E-state index in [2.05, 4.69) is 20.5 Å². The molecule has 3 rings (SSSR count). The van der Waals surface area contributed by atoms with Crippen molar-refractivity contribution < 1.29 is 17.9 Å². The maximum atomic E-state index is 12.2. The first-order chi connectivity index (χ1) is 13.4. The van der Waals surface area contributed by atoms with Crippen molar-refractivity contribution in [3.8, 4) is 5.75 Å². The van der Waals surface area contributed by atoms with Crippen molar-refractivity contribution in [3.63, 3.8) is 0 Å². The van der Waals surface area contributed by atoms with Crippen LogP contribution < -0.4 is 15.4 Å². The molecule has 1 saturated heterocycles. The molecule has 0 spiro atoms. The van der Waals surface area contributed by atoms with Crippen LogP contribution in [-0.4, -0.2) is 55.9 Å². The number of nitrogens with one attached hydrogen (secondary N) is 2. The normalized spacial score (nSPS) is 21.0. The first kappa shape index (κ1) is 20.8. The van der Waals surface area contributed by atoms with Crippen LogP contribution in [0, 0.1) is 5.92 Å². The molecule has 0 radical (unpaired) electrons. The van der Waals surface area contributed by atoms with Gasteiger partial charge in [0.15, 0.2) is 12.6 Å². The number of benzene rings is 1. The minimum atomic E-state index is -4.33. The van der Waals surface area contributed by atoms with E-state index in [1.165, 1.54) is 25.8 Å². The van der Waals surface area contributed by atoms with Crippen LogP contribution >= 0.6 is 0 Å². The zero-order valence-electron chi connectivity index (χ0n) is 16.3. The summed E-state index contributed by atoms with van der Waals surface area (Å²) in [6.07, 6.45) is -0.402. The molecule has 5 nitrogen and oxygen atoms in total. The van der Waals surface area contributed by atoms with Crippen LogP contribution in [0.3, 0.4) is 0 Å². The third kappa shape index (κ3) is 6.89. The molecular formula is C20H29F3N4O. The highest BCUT2D eigenvalue weighted by atomic mass is 19.4. The maximum absolute atomic E-state index is 12.2. The average molecular weight is 398 g/mol. The second-order valence-electron chi connectivity index (χ2n) is 7.50. The van der Waals surface area contributed by atoms with E-state index in [1.54, 1.807) is 24.3 Å². The maximum Gasteiger partial charge on any atom is 0.422 e. The summed E-state index contributed by atoms with van der Waals surface area (Å²) in [6.45, 7) is 5.23. The molecule has 1 aromatic carbocycles. The Morgan fingerprint density at radius 3 is 2.57 bits per heavy atom. The number of rotatable bonds is 8. The number of ether oxygens (including phenoxy) is 1. The highest BCUT2D eigenvalue weighted by Crippen LogP contribution is 2.31. The predicted octanol–water partition coefficient (Wildman–Crippen LogP) is 3.17. The van der Waals surface area contributed by atoms with Crippen LogP contribution in [0.2, 0.25) is 0 Å². The monoisotopic (exact) mass is 398 g/mol. The Morgan fingerprint density at radius 1 is 1.18 bits per heavy atom. The van der Waals surface area contributed by atoms with Crippen molar-refractivity contribution in [2.45, 2.75) is 44.9 Å². The molecule has 1 saturated carbocycles. The van der Waals surface area contributed by atoms with Gasteiger partial charge in [-0.2, -0.15) is 13.2 Å². The van der Waals surface area contributed by atoms with Crippen LogP contribution in [0.15, 0.2) is 29.3 Å². The third-order valence-electron chi connectivity index (χ3n) is 5.03. The van der Waals surface area contributed by atoms with E-state index in [9.17, 15) is 13.2 Å². The number of nitrogens with zero attached hydrogens (tertiary/aromatic N) is 2. The first-order valence-electron chi connectivity index (χ1n) is 9.97. The lowest BCUT2D eigenvalue weighted by atomic mass is 10.1. The van der Waals surface area contributed by atoms with Crippen molar-refractivity contribution in [2.24, 2.45) is 10.9 Å². The van der Waals surface area contributed by atoms with E-state index in [-0.39, 0.29) is 5.75 Å². The molecule has 0 aromatic heterocycles. The first-order valence-corrected chi connectivity index (χ1v) is 9.97. The molecule has 8 heteroatoms. The molecular weight excluding hydrogens is 369 g/mol. The molecule has 2 N–H and O–H groups in total. The van der Waals surface area contributed by atoms with Crippen LogP contribution in [0.4, 0.5) is 13.2 Å². The summed E-state index contributed by atoms with van der Waals surface area (Å²) in [7, 11) is 0. The Hall–Kier alpha value is -1.96. The molecule has 156 valence electrons. The molecule has 2 aliphatic rings. The lowest BCUT2D eigenvalue weighted by molar-refractivity contribution is -0.153. The van der Waals surface area contributed by atoms with E-state index >= 15 is 0 Å².